The molecule has 4 rings (SSSR count). The van der Waals surface area contributed by atoms with E-state index < -0.39 is 23.8 Å². The van der Waals surface area contributed by atoms with Crippen LogP contribution in [0.1, 0.15) is 57.4 Å². The van der Waals surface area contributed by atoms with Gasteiger partial charge in [-0.2, -0.15) is 0 Å². The lowest BCUT2D eigenvalue weighted by Gasteiger charge is -2.38. The van der Waals surface area contributed by atoms with E-state index in [0.29, 0.717) is 29.0 Å². The van der Waals surface area contributed by atoms with E-state index in [4.69, 9.17) is 14.2 Å². The molecule has 1 aromatic rings. The molecule has 7 nitrogen and oxygen atoms in total. The second kappa shape index (κ2) is 9.41. The number of rotatable bonds is 5. The standard InChI is InChI=1S/C26H31NO6/c1-14-13-19-23(24(28)20(14)25(29)32-4)22(16-9-11-17(31-3)12-10-16)21(15(2)27-19)26(30)33-18-7-5-6-8-18/h9-12,14,18,20,22,27H,5-8,13H2,1-4H3/t14-,20-,22+/m1/s1. The monoisotopic (exact) mass is 453 g/mol. The van der Waals surface area contributed by atoms with Crippen molar-refractivity contribution >= 4 is 17.7 Å². The Balaban J connectivity index is 1.79. The number of benzene rings is 1. The lowest BCUT2D eigenvalue weighted by molar-refractivity contribution is -0.151. The second-order valence-corrected chi connectivity index (χ2v) is 9.12. The number of ketones is 1. The minimum absolute atomic E-state index is 0.102. The predicted molar refractivity (Wildman–Crippen MR) is 121 cm³/mol. The van der Waals surface area contributed by atoms with Crippen molar-refractivity contribution in [2.45, 2.75) is 58.0 Å². The molecule has 7 heteroatoms. The quantitative estimate of drug-likeness (QED) is 0.536. The van der Waals surface area contributed by atoms with Crippen LogP contribution in [-0.2, 0) is 23.9 Å². The Kier molecular flexibility index (Phi) is 6.58. The Hall–Kier alpha value is -3.09. The van der Waals surface area contributed by atoms with Crippen molar-refractivity contribution in [3.8, 4) is 5.75 Å². The highest BCUT2D eigenvalue weighted by atomic mass is 16.5. The van der Waals surface area contributed by atoms with Crippen LogP contribution < -0.4 is 10.1 Å². The van der Waals surface area contributed by atoms with Crippen LogP contribution in [0.3, 0.4) is 0 Å². The summed E-state index contributed by atoms with van der Waals surface area (Å²) in [5.74, 6) is -2.34. The van der Waals surface area contributed by atoms with Crippen molar-refractivity contribution in [2.24, 2.45) is 11.8 Å². The van der Waals surface area contributed by atoms with Gasteiger partial charge in [0.25, 0.3) is 0 Å². The number of hydrogen-bond donors (Lipinski definition) is 1. The molecule has 1 saturated carbocycles. The van der Waals surface area contributed by atoms with Gasteiger partial charge in [0, 0.05) is 22.9 Å². The molecule has 1 fully saturated rings. The third kappa shape index (κ3) is 4.28. The summed E-state index contributed by atoms with van der Waals surface area (Å²) in [6.45, 7) is 3.71. The molecule has 0 bridgehead atoms. The molecule has 2 aliphatic carbocycles. The van der Waals surface area contributed by atoms with Crippen molar-refractivity contribution in [1.82, 2.24) is 5.32 Å². The van der Waals surface area contributed by atoms with Crippen molar-refractivity contribution in [1.29, 1.82) is 0 Å². The summed E-state index contributed by atoms with van der Waals surface area (Å²) in [4.78, 5) is 39.6. The average molecular weight is 454 g/mol. The largest absolute Gasteiger partial charge is 0.497 e. The lowest BCUT2D eigenvalue weighted by Crippen LogP contribution is -2.43. The Morgan fingerprint density at radius 1 is 1.06 bits per heavy atom. The van der Waals surface area contributed by atoms with E-state index in [0.717, 1.165) is 36.9 Å². The smallest absolute Gasteiger partial charge is 0.337 e. The number of carbonyl (C=O) groups excluding carboxylic acids is 3. The number of carbonyl (C=O) groups is 3. The Morgan fingerprint density at radius 2 is 1.73 bits per heavy atom. The highest BCUT2D eigenvalue weighted by molar-refractivity contribution is 6.12. The fourth-order valence-corrected chi connectivity index (χ4v) is 5.30. The van der Waals surface area contributed by atoms with Crippen LogP contribution in [0.2, 0.25) is 0 Å². The molecular formula is C26H31NO6. The van der Waals surface area contributed by atoms with Crippen LogP contribution >= 0.6 is 0 Å². The Bertz CT molecular complexity index is 1020. The third-order valence-electron chi connectivity index (χ3n) is 6.99. The molecule has 0 amide bonds. The van der Waals surface area contributed by atoms with Gasteiger partial charge >= 0.3 is 11.9 Å². The third-order valence-corrected chi connectivity index (χ3v) is 6.99. The molecule has 33 heavy (non-hydrogen) atoms. The lowest BCUT2D eigenvalue weighted by atomic mass is 9.69. The highest BCUT2D eigenvalue weighted by Crippen LogP contribution is 2.46. The zero-order valence-corrected chi connectivity index (χ0v) is 19.6. The summed E-state index contributed by atoms with van der Waals surface area (Å²) in [7, 11) is 2.88. The number of nitrogens with one attached hydrogen (secondary N) is 1. The Labute approximate surface area is 194 Å². The molecule has 0 unspecified atom stereocenters. The molecule has 0 saturated heterocycles. The van der Waals surface area contributed by atoms with E-state index in [1.165, 1.54) is 7.11 Å². The molecule has 0 aromatic heterocycles. The van der Waals surface area contributed by atoms with Crippen LogP contribution in [0.15, 0.2) is 46.8 Å². The normalized spacial score (nSPS) is 25.5. The molecule has 1 heterocycles. The van der Waals surface area contributed by atoms with E-state index in [9.17, 15) is 14.4 Å². The molecule has 1 aromatic carbocycles. The van der Waals surface area contributed by atoms with Gasteiger partial charge in [-0.15, -0.1) is 0 Å². The van der Waals surface area contributed by atoms with Gasteiger partial charge in [0.2, 0.25) is 0 Å². The highest BCUT2D eigenvalue weighted by Gasteiger charge is 2.47. The van der Waals surface area contributed by atoms with Crippen LogP contribution in [-0.4, -0.2) is 38.0 Å². The maximum atomic E-state index is 13.7. The zero-order chi connectivity index (χ0) is 23.7. The fraction of sp³-hybridized carbons (Fsp3) is 0.500. The van der Waals surface area contributed by atoms with Crippen molar-refractivity contribution in [3.05, 3.63) is 52.4 Å². The van der Waals surface area contributed by atoms with E-state index >= 15 is 0 Å². The number of esters is 2. The molecule has 1 aliphatic heterocycles. The van der Waals surface area contributed by atoms with Crippen molar-refractivity contribution in [2.75, 3.05) is 14.2 Å². The Morgan fingerprint density at radius 3 is 2.33 bits per heavy atom. The first-order chi connectivity index (χ1) is 15.8. The van der Waals surface area contributed by atoms with E-state index in [1.807, 2.05) is 26.0 Å². The SMILES string of the molecule is COC(=O)[C@H]1C(=O)C2=C(C[C@H]1C)NC(C)=C(C(=O)OC1CCCC1)[C@@H]2c1ccc(OC)cc1. The van der Waals surface area contributed by atoms with Crippen LogP contribution in [0.4, 0.5) is 0 Å². The van der Waals surface area contributed by atoms with Gasteiger partial charge in [-0.05, 0) is 62.6 Å². The van der Waals surface area contributed by atoms with Crippen molar-refractivity contribution in [3.63, 3.8) is 0 Å². The van der Waals surface area contributed by atoms with E-state index in [1.54, 1.807) is 19.2 Å². The molecular weight excluding hydrogens is 422 g/mol. The number of hydrogen-bond acceptors (Lipinski definition) is 7. The number of Topliss-reactive ketones (excluding diaryl/α,β-unsaturated/α-hetero) is 1. The molecule has 176 valence electrons. The fourth-order valence-electron chi connectivity index (χ4n) is 5.30. The number of methoxy groups -OCH3 is 2. The summed E-state index contributed by atoms with van der Waals surface area (Å²) >= 11 is 0. The number of ether oxygens (including phenoxy) is 3. The summed E-state index contributed by atoms with van der Waals surface area (Å²) in [6, 6.07) is 7.32. The molecule has 0 spiro atoms. The second-order valence-electron chi connectivity index (χ2n) is 9.12. The summed E-state index contributed by atoms with van der Waals surface area (Å²) < 4.78 is 16.1. The number of dihydropyridines is 1. The van der Waals surface area contributed by atoms with Gasteiger partial charge < -0.3 is 19.5 Å². The van der Waals surface area contributed by atoms with E-state index in [2.05, 4.69) is 5.32 Å². The topological polar surface area (TPSA) is 90.9 Å². The zero-order valence-electron chi connectivity index (χ0n) is 19.6. The first-order valence-corrected chi connectivity index (χ1v) is 11.5. The minimum Gasteiger partial charge on any atom is -0.497 e. The number of allylic oxidation sites excluding steroid dienone is 3. The van der Waals surface area contributed by atoms with Gasteiger partial charge in [-0.25, -0.2) is 4.79 Å². The first-order valence-electron chi connectivity index (χ1n) is 11.5. The predicted octanol–water partition coefficient (Wildman–Crippen LogP) is 3.79. The molecule has 3 aliphatic rings. The summed E-state index contributed by atoms with van der Waals surface area (Å²) in [5, 5.41) is 3.30. The van der Waals surface area contributed by atoms with Crippen LogP contribution in [0, 0.1) is 11.8 Å². The van der Waals surface area contributed by atoms with Crippen molar-refractivity contribution < 1.29 is 28.6 Å². The maximum absolute atomic E-state index is 13.7. The van der Waals surface area contributed by atoms with Gasteiger partial charge in [0.1, 0.15) is 17.8 Å². The molecule has 3 atom stereocenters. The van der Waals surface area contributed by atoms with Gasteiger partial charge in [-0.3, -0.25) is 9.59 Å². The first kappa shape index (κ1) is 23.1. The van der Waals surface area contributed by atoms with E-state index in [-0.39, 0.29) is 17.8 Å². The summed E-state index contributed by atoms with van der Waals surface area (Å²) in [6.07, 6.45) is 4.21. The molecule has 1 N–H and O–H groups in total. The van der Waals surface area contributed by atoms with Crippen LogP contribution in [0.25, 0.3) is 0 Å². The molecule has 0 radical (unpaired) electrons. The van der Waals surface area contributed by atoms with Gasteiger partial charge in [-0.1, -0.05) is 19.1 Å². The van der Waals surface area contributed by atoms with Gasteiger partial charge in [0.05, 0.1) is 19.8 Å². The van der Waals surface area contributed by atoms with Crippen LogP contribution in [0.5, 0.6) is 5.75 Å². The summed E-state index contributed by atoms with van der Waals surface area (Å²) in [5.41, 5.74) is 3.06. The van der Waals surface area contributed by atoms with Gasteiger partial charge in [0.15, 0.2) is 5.78 Å². The minimum atomic E-state index is -0.901. The maximum Gasteiger partial charge on any atom is 0.337 e. The average Bonchev–Trinajstić information content (AvgIpc) is 3.30.